The van der Waals surface area contributed by atoms with Crippen LogP contribution in [0.4, 0.5) is 4.79 Å². The van der Waals surface area contributed by atoms with Gasteiger partial charge in [0.25, 0.3) is 0 Å². The van der Waals surface area contributed by atoms with Gasteiger partial charge in [-0.2, -0.15) is 0 Å². The van der Waals surface area contributed by atoms with Gasteiger partial charge in [-0.25, -0.2) is 4.79 Å². The van der Waals surface area contributed by atoms with Crippen molar-refractivity contribution in [2.75, 3.05) is 13.1 Å². The number of hydrogen-bond donors (Lipinski definition) is 2. The maximum Gasteiger partial charge on any atom is 0.318 e. The number of nitrogens with zero attached hydrogens (tertiary/aromatic N) is 1. The maximum atomic E-state index is 12.5. The predicted molar refractivity (Wildman–Crippen MR) is 93.8 cm³/mol. The zero-order chi connectivity index (χ0) is 17.6. The molecule has 2 aromatic rings. The fourth-order valence-corrected chi connectivity index (χ4v) is 3.21. The van der Waals surface area contributed by atoms with E-state index in [4.69, 9.17) is 4.42 Å². The van der Waals surface area contributed by atoms with Crippen molar-refractivity contribution in [2.45, 2.75) is 32.4 Å². The molecule has 1 aromatic carbocycles. The summed E-state index contributed by atoms with van der Waals surface area (Å²) in [6, 6.07) is 11.6. The SMILES string of the molecule is Cc1ccccc1[C@@H]1CCCN1C(=O)NCC(=O)NCc1ccco1. The molecule has 0 aliphatic carbocycles. The summed E-state index contributed by atoms with van der Waals surface area (Å²) in [5.41, 5.74) is 2.36. The summed E-state index contributed by atoms with van der Waals surface area (Å²) in [7, 11) is 0. The van der Waals surface area contributed by atoms with Gasteiger partial charge in [-0.1, -0.05) is 24.3 Å². The fourth-order valence-electron chi connectivity index (χ4n) is 3.21. The third-order valence-electron chi connectivity index (χ3n) is 4.50. The molecule has 25 heavy (non-hydrogen) atoms. The van der Waals surface area contributed by atoms with Crippen molar-refractivity contribution >= 4 is 11.9 Å². The van der Waals surface area contributed by atoms with E-state index in [2.05, 4.69) is 29.7 Å². The molecule has 0 bridgehead atoms. The van der Waals surface area contributed by atoms with Crippen molar-refractivity contribution in [1.82, 2.24) is 15.5 Å². The first-order valence-electron chi connectivity index (χ1n) is 8.54. The lowest BCUT2D eigenvalue weighted by molar-refractivity contribution is -0.120. The quantitative estimate of drug-likeness (QED) is 0.878. The van der Waals surface area contributed by atoms with Gasteiger partial charge in [0.05, 0.1) is 25.4 Å². The highest BCUT2D eigenvalue weighted by Gasteiger charge is 2.30. The van der Waals surface area contributed by atoms with Crippen LogP contribution in [0.1, 0.15) is 35.8 Å². The van der Waals surface area contributed by atoms with Crippen LogP contribution in [-0.2, 0) is 11.3 Å². The number of nitrogens with one attached hydrogen (secondary N) is 2. The first-order chi connectivity index (χ1) is 12.1. The second-order valence-corrected chi connectivity index (χ2v) is 6.22. The standard InChI is InChI=1S/C19H23N3O3/c1-14-6-2-3-8-16(14)17-9-4-10-22(17)19(24)21-13-18(23)20-12-15-7-5-11-25-15/h2-3,5-8,11,17H,4,9-10,12-13H2,1H3,(H,20,23)(H,21,24)/t17-/m0/s1. The number of carbonyl (C=O) groups excluding carboxylic acids is 2. The van der Waals surface area contributed by atoms with Crippen molar-refractivity contribution in [3.63, 3.8) is 0 Å². The number of likely N-dealkylation sites (tertiary alicyclic amines) is 1. The largest absolute Gasteiger partial charge is 0.467 e. The van der Waals surface area contributed by atoms with Crippen LogP contribution in [0.2, 0.25) is 0 Å². The molecule has 1 aliphatic heterocycles. The van der Waals surface area contributed by atoms with E-state index in [1.807, 2.05) is 17.0 Å². The van der Waals surface area contributed by atoms with Gasteiger partial charge in [0.2, 0.25) is 5.91 Å². The monoisotopic (exact) mass is 341 g/mol. The Morgan fingerprint density at radius 3 is 2.80 bits per heavy atom. The van der Waals surface area contributed by atoms with E-state index in [0.717, 1.165) is 12.8 Å². The number of hydrogen-bond acceptors (Lipinski definition) is 3. The Balaban J connectivity index is 1.52. The summed E-state index contributed by atoms with van der Waals surface area (Å²) in [5, 5.41) is 5.44. The van der Waals surface area contributed by atoms with Crippen LogP contribution in [0.15, 0.2) is 47.1 Å². The summed E-state index contributed by atoms with van der Waals surface area (Å²) in [6.45, 7) is 3.04. The Morgan fingerprint density at radius 2 is 2.04 bits per heavy atom. The summed E-state index contributed by atoms with van der Waals surface area (Å²) in [5.74, 6) is 0.440. The topological polar surface area (TPSA) is 74.6 Å². The molecule has 0 spiro atoms. The van der Waals surface area contributed by atoms with E-state index in [1.165, 1.54) is 11.1 Å². The summed E-state index contributed by atoms with van der Waals surface area (Å²) < 4.78 is 5.15. The lowest BCUT2D eigenvalue weighted by Gasteiger charge is -2.26. The van der Waals surface area contributed by atoms with Crippen molar-refractivity contribution in [3.8, 4) is 0 Å². The molecule has 0 saturated carbocycles. The maximum absolute atomic E-state index is 12.5. The van der Waals surface area contributed by atoms with E-state index >= 15 is 0 Å². The highest BCUT2D eigenvalue weighted by atomic mass is 16.3. The van der Waals surface area contributed by atoms with Crippen LogP contribution >= 0.6 is 0 Å². The van der Waals surface area contributed by atoms with E-state index in [0.29, 0.717) is 18.8 Å². The van der Waals surface area contributed by atoms with Crippen LogP contribution in [0.3, 0.4) is 0 Å². The minimum atomic E-state index is -0.239. The number of urea groups is 1. The molecule has 0 radical (unpaired) electrons. The molecule has 1 fully saturated rings. The molecule has 132 valence electrons. The molecule has 2 heterocycles. The second kappa shape index (κ2) is 7.88. The van der Waals surface area contributed by atoms with Gasteiger partial charge in [-0.05, 0) is 43.0 Å². The third kappa shape index (κ3) is 4.21. The molecule has 1 aromatic heterocycles. The first kappa shape index (κ1) is 17.1. The van der Waals surface area contributed by atoms with Crippen LogP contribution < -0.4 is 10.6 Å². The molecule has 3 amide bonds. The Hall–Kier alpha value is -2.76. The number of amides is 3. The van der Waals surface area contributed by atoms with Gasteiger partial charge in [-0.15, -0.1) is 0 Å². The van der Waals surface area contributed by atoms with E-state index in [9.17, 15) is 9.59 Å². The fraction of sp³-hybridized carbons (Fsp3) is 0.368. The summed E-state index contributed by atoms with van der Waals surface area (Å²) >= 11 is 0. The molecule has 6 nitrogen and oxygen atoms in total. The Kier molecular flexibility index (Phi) is 5.38. The second-order valence-electron chi connectivity index (χ2n) is 6.22. The Bertz CT molecular complexity index is 727. The van der Waals surface area contributed by atoms with E-state index < -0.39 is 0 Å². The Morgan fingerprint density at radius 1 is 1.20 bits per heavy atom. The van der Waals surface area contributed by atoms with Crippen molar-refractivity contribution < 1.29 is 14.0 Å². The molecule has 3 rings (SSSR count). The van der Waals surface area contributed by atoms with Gasteiger partial charge < -0.3 is 20.0 Å². The number of rotatable bonds is 5. The number of aryl methyl sites for hydroxylation is 1. The highest BCUT2D eigenvalue weighted by Crippen LogP contribution is 2.33. The van der Waals surface area contributed by atoms with Gasteiger partial charge in [0, 0.05) is 6.54 Å². The average molecular weight is 341 g/mol. The summed E-state index contributed by atoms with van der Waals surface area (Å²) in [4.78, 5) is 26.2. The minimum Gasteiger partial charge on any atom is -0.467 e. The minimum absolute atomic E-state index is 0.0451. The number of carbonyl (C=O) groups is 2. The predicted octanol–water partition coefficient (Wildman–Crippen LogP) is 2.75. The van der Waals surface area contributed by atoms with Crippen LogP contribution in [0.25, 0.3) is 0 Å². The highest BCUT2D eigenvalue weighted by molar-refractivity contribution is 5.84. The number of benzene rings is 1. The molecular weight excluding hydrogens is 318 g/mol. The zero-order valence-electron chi connectivity index (χ0n) is 14.3. The van der Waals surface area contributed by atoms with Gasteiger partial charge >= 0.3 is 6.03 Å². The van der Waals surface area contributed by atoms with E-state index in [-0.39, 0.29) is 24.5 Å². The van der Waals surface area contributed by atoms with Gasteiger partial charge in [0.15, 0.2) is 0 Å². The first-order valence-corrected chi connectivity index (χ1v) is 8.54. The van der Waals surface area contributed by atoms with Crippen molar-refractivity contribution in [1.29, 1.82) is 0 Å². The molecule has 2 N–H and O–H groups in total. The molecular formula is C19H23N3O3. The van der Waals surface area contributed by atoms with Gasteiger partial charge in [0.1, 0.15) is 5.76 Å². The van der Waals surface area contributed by atoms with E-state index in [1.54, 1.807) is 18.4 Å². The summed E-state index contributed by atoms with van der Waals surface area (Å²) in [6.07, 6.45) is 3.47. The molecule has 1 atom stereocenters. The lowest BCUT2D eigenvalue weighted by atomic mass is 9.99. The van der Waals surface area contributed by atoms with Crippen molar-refractivity contribution in [3.05, 3.63) is 59.5 Å². The van der Waals surface area contributed by atoms with Gasteiger partial charge in [-0.3, -0.25) is 4.79 Å². The molecule has 1 aliphatic rings. The van der Waals surface area contributed by atoms with Crippen LogP contribution in [0, 0.1) is 6.92 Å². The normalized spacial score (nSPS) is 16.7. The molecule has 6 heteroatoms. The average Bonchev–Trinajstić information content (AvgIpc) is 3.29. The third-order valence-corrected chi connectivity index (χ3v) is 4.50. The Labute approximate surface area is 147 Å². The van der Waals surface area contributed by atoms with Crippen LogP contribution in [0.5, 0.6) is 0 Å². The van der Waals surface area contributed by atoms with Crippen molar-refractivity contribution in [2.24, 2.45) is 0 Å². The number of furan rings is 1. The zero-order valence-corrected chi connectivity index (χ0v) is 14.3. The smallest absolute Gasteiger partial charge is 0.318 e. The molecule has 1 saturated heterocycles. The molecule has 0 unspecified atom stereocenters. The lowest BCUT2D eigenvalue weighted by Crippen LogP contribution is -2.44. The van der Waals surface area contributed by atoms with Crippen LogP contribution in [-0.4, -0.2) is 29.9 Å².